The van der Waals surface area contributed by atoms with Crippen LogP contribution in [0.5, 0.6) is 0 Å². The van der Waals surface area contributed by atoms with Crippen LogP contribution in [0.2, 0.25) is 0 Å². The third-order valence-corrected chi connectivity index (χ3v) is 2.28. The van der Waals surface area contributed by atoms with Gasteiger partial charge >= 0.3 is 12.1 Å². The summed E-state index contributed by atoms with van der Waals surface area (Å²) >= 11 is 0. The van der Waals surface area contributed by atoms with Crippen LogP contribution >= 0.6 is 0 Å². The van der Waals surface area contributed by atoms with Gasteiger partial charge in [-0.3, -0.25) is 0 Å². The molecule has 1 N–H and O–H groups in total. The Labute approximate surface area is 114 Å². The smallest absolute Gasteiger partial charge is 0.407 e. The highest BCUT2D eigenvalue weighted by molar-refractivity contribution is 5.81. The molecule has 0 heterocycles. The molecule has 0 aliphatic heterocycles. The van der Waals surface area contributed by atoms with Gasteiger partial charge in [0.2, 0.25) is 0 Å². The molecule has 0 rings (SSSR count). The molecule has 5 nitrogen and oxygen atoms in total. The van der Waals surface area contributed by atoms with Crippen LogP contribution in [0.25, 0.3) is 0 Å². The van der Waals surface area contributed by atoms with Crippen LogP contribution in [0.15, 0.2) is 25.3 Å². The van der Waals surface area contributed by atoms with Crippen molar-refractivity contribution in [3.05, 3.63) is 25.3 Å². The fourth-order valence-corrected chi connectivity index (χ4v) is 1.30. The molecule has 0 unspecified atom stereocenters. The molecule has 1 atom stereocenters. The lowest BCUT2D eigenvalue weighted by Gasteiger charge is -2.16. The summed E-state index contributed by atoms with van der Waals surface area (Å²) in [5.41, 5.74) is 0. The number of hydrogen-bond donors (Lipinski definition) is 1. The van der Waals surface area contributed by atoms with Crippen LogP contribution in [0.3, 0.4) is 0 Å². The number of ether oxygens (including phenoxy) is 2. The van der Waals surface area contributed by atoms with E-state index >= 15 is 0 Å². The molecule has 0 bridgehead atoms. The summed E-state index contributed by atoms with van der Waals surface area (Å²) in [7, 11) is 0. The zero-order valence-corrected chi connectivity index (χ0v) is 11.5. The molecule has 0 aliphatic carbocycles. The number of esters is 1. The lowest BCUT2D eigenvalue weighted by Crippen LogP contribution is -2.42. The molecule has 0 saturated carbocycles. The zero-order chi connectivity index (χ0) is 14.5. The van der Waals surface area contributed by atoms with Crippen molar-refractivity contribution in [1.29, 1.82) is 0 Å². The molecule has 0 saturated heterocycles. The highest BCUT2D eigenvalue weighted by Gasteiger charge is 2.21. The Morgan fingerprint density at radius 3 is 2.26 bits per heavy atom. The predicted octanol–water partition coefficient (Wildman–Crippen LogP) is 2.58. The number of nitrogens with one attached hydrogen (secondary N) is 1. The van der Waals surface area contributed by atoms with E-state index in [9.17, 15) is 9.59 Å². The molecule has 0 spiro atoms. The third-order valence-electron chi connectivity index (χ3n) is 2.28. The average molecular weight is 269 g/mol. The Kier molecular flexibility index (Phi) is 10.3. The summed E-state index contributed by atoms with van der Waals surface area (Å²) in [4.78, 5) is 23.2. The molecule has 1 amide bonds. The van der Waals surface area contributed by atoms with Gasteiger partial charge in [0.05, 0.1) is 13.2 Å². The van der Waals surface area contributed by atoms with Gasteiger partial charge in [-0.1, -0.05) is 25.5 Å². The van der Waals surface area contributed by atoms with Crippen LogP contribution in [-0.4, -0.2) is 31.3 Å². The highest BCUT2D eigenvalue weighted by atomic mass is 16.6. The summed E-state index contributed by atoms with van der Waals surface area (Å²) in [6.45, 7) is 9.51. The lowest BCUT2D eigenvalue weighted by atomic mass is 10.2. The molecular weight excluding hydrogens is 246 g/mol. The Bertz CT molecular complexity index is 302. The van der Waals surface area contributed by atoms with Crippen LogP contribution in [0.4, 0.5) is 4.79 Å². The average Bonchev–Trinajstić information content (AvgIpc) is 2.38. The molecule has 5 heteroatoms. The fraction of sp³-hybridized carbons (Fsp3) is 0.571. The van der Waals surface area contributed by atoms with Gasteiger partial charge in [0.1, 0.15) is 6.04 Å². The summed E-state index contributed by atoms with van der Waals surface area (Å²) < 4.78 is 9.92. The van der Waals surface area contributed by atoms with E-state index in [1.165, 1.54) is 0 Å². The molecule has 0 aromatic heterocycles. The van der Waals surface area contributed by atoms with Crippen molar-refractivity contribution >= 4 is 12.1 Å². The quantitative estimate of drug-likeness (QED) is 0.376. The topological polar surface area (TPSA) is 64.6 Å². The van der Waals surface area contributed by atoms with Gasteiger partial charge < -0.3 is 14.8 Å². The SMILES string of the molecule is C=CCCOC(=O)N[C@@H](CCC)C(=O)OCCC=C. The highest BCUT2D eigenvalue weighted by Crippen LogP contribution is 2.01. The Hall–Kier alpha value is -1.78. The van der Waals surface area contributed by atoms with Gasteiger partial charge in [-0.25, -0.2) is 9.59 Å². The van der Waals surface area contributed by atoms with Gasteiger partial charge in [-0.15, -0.1) is 13.2 Å². The number of alkyl carbamates (subject to hydrolysis) is 1. The van der Waals surface area contributed by atoms with E-state index in [4.69, 9.17) is 9.47 Å². The van der Waals surface area contributed by atoms with E-state index < -0.39 is 18.1 Å². The maximum Gasteiger partial charge on any atom is 0.407 e. The van der Waals surface area contributed by atoms with Crippen molar-refractivity contribution in [1.82, 2.24) is 5.32 Å². The molecular formula is C14H23NO4. The summed E-state index contributed by atoms with van der Waals surface area (Å²) in [6.07, 6.45) is 5.15. The summed E-state index contributed by atoms with van der Waals surface area (Å²) in [5, 5.41) is 2.51. The van der Waals surface area contributed by atoms with E-state index in [2.05, 4.69) is 18.5 Å². The first-order valence-electron chi connectivity index (χ1n) is 6.47. The monoisotopic (exact) mass is 269 g/mol. The number of carbonyl (C=O) groups excluding carboxylic acids is 2. The molecule has 0 aliphatic rings. The van der Waals surface area contributed by atoms with Crippen molar-refractivity contribution in [2.24, 2.45) is 0 Å². The molecule has 108 valence electrons. The van der Waals surface area contributed by atoms with Crippen LogP contribution in [-0.2, 0) is 14.3 Å². The number of rotatable bonds is 10. The zero-order valence-electron chi connectivity index (χ0n) is 11.5. The third kappa shape index (κ3) is 8.88. The van der Waals surface area contributed by atoms with E-state index in [0.717, 1.165) is 6.42 Å². The number of amides is 1. The van der Waals surface area contributed by atoms with Crippen molar-refractivity contribution in [2.45, 2.75) is 38.6 Å². The van der Waals surface area contributed by atoms with Gasteiger partial charge in [0.25, 0.3) is 0 Å². The normalized spacial score (nSPS) is 11.2. The molecule has 0 aromatic rings. The van der Waals surface area contributed by atoms with Crippen molar-refractivity contribution in [3.63, 3.8) is 0 Å². The van der Waals surface area contributed by atoms with Crippen molar-refractivity contribution < 1.29 is 19.1 Å². The minimum absolute atomic E-state index is 0.250. The largest absolute Gasteiger partial charge is 0.464 e. The Morgan fingerprint density at radius 2 is 1.74 bits per heavy atom. The second kappa shape index (κ2) is 11.3. The van der Waals surface area contributed by atoms with E-state index in [0.29, 0.717) is 19.3 Å². The van der Waals surface area contributed by atoms with Gasteiger partial charge in [-0.2, -0.15) is 0 Å². The first-order valence-corrected chi connectivity index (χ1v) is 6.47. The van der Waals surface area contributed by atoms with Gasteiger partial charge in [0.15, 0.2) is 0 Å². The van der Waals surface area contributed by atoms with E-state index in [1.807, 2.05) is 6.92 Å². The number of carbonyl (C=O) groups is 2. The maximum atomic E-state index is 11.7. The van der Waals surface area contributed by atoms with E-state index in [-0.39, 0.29) is 13.2 Å². The van der Waals surface area contributed by atoms with Gasteiger partial charge in [-0.05, 0) is 19.3 Å². The molecule has 0 aromatic carbocycles. The predicted molar refractivity (Wildman–Crippen MR) is 73.8 cm³/mol. The first-order chi connectivity index (χ1) is 9.15. The van der Waals surface area contributed by atoms with Crippen LogP contribution < -0.4 is 5.32 Å². The molecule has 0 radical (unpaired) electrons. The second-order valence-electron chi connectivity index (χ2n) is 3.94. The minimum Gasteiger partial charge on any atom is -0.464 e. The summed E-state index contributed by atoms with van der Waals surface area (Å²) in [5.74, 6) is -0.440. The standard InChI is InChI=1S/C14H23NO4/c1-4-7-10-18-13(16)12(9-6-3)15-14(17)19-11-8-5-2/h4-5,12H,1-2,6-11H2,3H3,(H,15,17)/t12-/m0/s1. The maximum absolute atomic E-state index is 11.7. The molecule has 19 heavy (non-hydrogen) atoms. The Morgan fingerprint density at radius 1 is 1.16 bits per heavy atom. The second-order valence-corrected chi connectivity index (χ2v) is 3.94. The summed E-state index contributed by atoms with van der Waals surface area (Å²) in [6, 6.07) is -0.661. The first kappa shape index (κ1) is 17.2. The lowest BCUT2D eigenvalue weighted by molar-refractivity contribution is -0.146. The van der Waals surface area contributed by atoms with Gasteiger partial charge in [0, 0.05) is 0 Å². The minimum atomic E-state index is -0.661. The fourth-order valence-electron chi connectivity index (χ4n) is 1.30. The van der Waals surface area contributed by atoms with Crippen LogP contribution in [0.1, 0.15) is 32.6 Å². The number of hydrogen-bond acceptors (Lipinski definition) is 4. The van der Waals surface area contributed by atoms with E-state index in [1.54, 1.807) is 12.2 Å². The van der Waals surface area contributed by atoms with Crippen molar-refractivity contribution in [3.8, 4) is 0 Å². The molecule has 0 fully saturated rings. The van der Waals surface area contributed by atoms with Crippen molar-refractivity contribution in [2.75, 3.05) is 13.2 Å². The van der Waals surface area contributed by atoms with Crippen LogP contribution in [0, 0.1) is 0 Å². The Balaban J connectivity index is 4.14.